The highest BCUT2D eigenvalue weighted by Crippen LogP contribution is 2.26. The fraction of sp³-hybridized carbons (Fsp3) is 1.00. The number of nitrogens with zero attached hydrogens (tertiary/aromatic N) is 1. The van der Waals surface area contributed by atoms with Gasteiger partial charge in [0.15, 0.2) is 0 Å². The van der Waals surface area contributed by atoms with Crippen molar-refractivity contribution >= 4 is 0 Å². The summed E-state index contributed by atoms with van der Waals surface area (Å²) >= 11 is 0. The molecule has 13 heavy (non-hydrogen) atoms. The number of fused-ring (bicyclic) bond motifs is 1. The summed E-state index contributed by atoms with van der Waals surface area (Å²) in [5.41, 5.74) is 0. The Kier molecular flexibility index (Phi) is 3.17. The van der Waals surface area contributed by atoms with Crippen LogP contribution in [0.15, 0.2) is 0 Å². The quantitative estimate of drug-likeness (QED) is 0.689. The van der Waals surface area contributed by atoms with E-state index in [2.05, 4.69) is 10.2 Å². The molecule has 0 spiro atoms. The summed E-state index contributed by atoms with van der Waals surface area (Å²) in [6, 6.07) is 0. The van der Waals surface area contributed by atoms with Crippen LogP contribution in [0, 0.1) is 11.8 Å². The lowest BCUT2D eigenvalue weighted by Gasteiger charge is -2.17. The fourth-order valence-corrected chi connectivity index (χ4v) is 2.61. The molecule has 0 aromatic rings. The van der Waals surface area contributed by atoms with Crippen molar-refractivity contribution in [1.29, 1.82) is 0 Å². The van der Waals surface area contributed by atoms with Crippen molar-refractivity contribution in [3.8, 4) is 0 Å². The Bertz CT molecular complexity index is 149. The number of hydrogen-bond donors (Lipinski definition) is 1. The first-order valence-corrected chi connectivity index (χ1v) is 5.39. The lowest BCUT2D eigenvalue weighted by atomic mass is 9.92. The number of halogens is 1. The minimum absolute atomic E-state index is 0.187. The van der Waals surface area contributed by atoms with E-state index in [9.17, 15) is 4.39 Å². The molecule has 2 nitrogen and oxygen atoms in total. The molecule has 0 radical (unpaired) electrons. The smallest absolute Gasteiger partial charge is 0.102 e. The molecule has 0 aliphatic carbocycles. The van der Waals surface area contributed by atoms with E-state index < -0.39 is 0 Å². The van der Waals surface area contributed by atoms with E-state index in [1.165, 1.54) is 25.9 Å². The summed E-state index contributed by atoms with van der Waals surface area (Å²) in [5.74, 6) is 1.73. The molecule has 0 bridgehead atoms. The molecule has 2 rings (SSSR count). The van der Waals surface area contributed by atoms with Gasteiger partial charge in [-0.05, 0) is 50.9 Å². The Hall–Kier alpha value is -0.150. The van der Waals surface area contributed by atoms with Gasteiger partial charge in [0.1, 0.15) is 6.67 Å². The summed E-state index contributed by atoms with van der Waals surface area (Å²) in [6.45, 7) is 5.04. The molecular formula is C10H19FN2. The van der Waals surface area contributed by atoms with Crippen LogP contribution in [-0.2, 0) is 0 Å². The molecule has 1 N–H and O–H groups in total. The molecule has 2 heterocycles. The van der Waals surface area contributed by atoms with Gasteiger partial charge in [-0.1, -0.05) is 0 Å². The van der Waals surface area contributed by atoms with E-state index in [0.29, 0.717) is 6.54 Å². The largest absolute Gasteiger partial charge is 0.316 e. The third-order valence-corrected chi connectivity index (χ3v) is 3.51. The van der Waals surface area contributed by atoms with Crippen LogP contribution >= 0.6 is 0 Å². The molecule has 2 atom stereocenters. The maximum absolute atomic E-state index is 12.1. The molecule has 76 valence electrons. The predicted molar refractivity (Wildman–Crippen MR) is 51.5 cm³/mol. The lowest BCUT2D eigenvalue weighted by Crippen LogP contribution is -2.28. The highest BCUT2D eigenvalue weighted by molar-refractivity contribution is 4.85. The maximum Gasteiger partial charge on any atom is 0.102 e. The molecule has 0 aromatic carbocycles. The zero-order valence-electron chi connectivity index (χ0n) is 8.14. The number of likely N-dealkylation sites (tertiary alicyclic amines) is 1. The molecular weight excluding hydrogens is 167 g/mol. The predicted octanol–water partition coefficient (Wildman–Crippen LogP) is 0.887. The number of nitrogens with one attached hydrogen (secondary N) is 1. The van der Waals surface area contributed by atoms with Crippen LogP contribution < -0.4 is 5.32 Å². The van der Waals surface area contributed by atoms with E-state index in [4.69, 9.17) is 0 Å². The zero-order chi connectivity index (χ0) is 9.10. The second-order valence-corrected chi connectivity index (χ2v) is 4.29. The van der Waals surface area contributed by atoms with Gasteiger partial charge in [0, 0.05) is 6.54 Å². The van der Waals surface area contributed by atoms with E-state index in [-0.39, 0.29) is 6.67 Å². The average molecular weight is 186 g/mol. The van der Waals surface area contributed by atoms with Crippen molar-refractivity contribution in [3.05, 3.63) is 0 Å². The Morgan fingerprint density at radius 3 is 2.31 bits per heavy atom. The topological polar surface area (TPSA) is 15.3 Å². The van der Waals surface area contributed by atoms with E-state index in [0.717, 1.165) is 24.9 Å². The molecule has 2 aliphatic rings. The van der Waals surface area contributed by atoms with Crippen molar-refractivity contribution in [2.75, 3.05) is 39.4 Å². The summed E-state index contributed by atoms with van der Waals surface area (Å²) < 4.78 is 12.1. The molecule has 0 aromatic heterocycles. The van der Waals surface area contributed by atoms with Crippen LogP contribution in [0.4, 0.5) is 4.39 Å². The van der Waals surface area contributed by atoms with Crippen molar-refractivity contribution in [3.63, 3.8) is 0 Å². The second kappa shape index (κ2) is 4.38. The lowest BCUT2D eigenvalue weighted by molar-refractivity contribution is 0.251. The van der Waals surface area contributed by atoms with Gasteiger partial charge in [0.05, 0.1) is 0 Å². The van der Waals surface area contributed by atoms with Gasteiger partial charge in [-0.3, -0.25) is 0 Å². The molecule has 2 fully saturated rings. The highest BCUT2D eigenvalue weighted by atomic mass is 19.1. The fourth-order valence-electron chi connectivity index (χ4n) is 2.61. The first-order valence-electron chi connectivity index (χ1n) is 5.39. The summed E-state index contributed by atoms with van der Waals surface area (Å²) in [4.78, 5) is 2.28. The first kappa shape index (κ1) is 9.41. The Morgan fingerprint density at radius 1 is 1.15 bits per heavy atom. The normalized spacial score (nSPS) is 35.8. The van der Waals surface area contributed by atoms with Crippen LogP contribution in [0.5, 0.6) is 0 Å². The summed E-state index contributed by atoms with van der Waals surface area (Å²) in [6.07, 6.45) is 2.52. The zero-order valence-corrected chi connectivity index (χ0v) is 8.14. The van der Waals surface area contributed by atoms with Crippen molar-refractivity contribution in [2.45, 2.75) is 12.8 Å². The van der Waals surface area contributed by atoms with E-state index >= 15 is 0 Å². The third kappa shape index (κ3) is 2.20. The van der Waals surface area contributed by atoms with Crippen LogP contribution in [-0.4, -0.2) is 44.3 Å². The van der Waals surface area contributed by atoms with E-state index in [1.54, 1.807) is 0 Å². The third-order valence-electron chi connectivity index (χ3n) is 3.51. The van der Waals surface area contributed by atoms with E-state index in [1.807, 2.05) is 0 Å². The minimum atomic E-state index is -0.187. The van der Waals surface area contributed by atoms with Gasteiger partial charge in [-0.15, -0.1) is 0 Å². The molecule has 2 unspecified atom stereocenters. The molecule has 0 saturated carbocycles. The first-order chi connectivity index (χ1) is 6.40. The van der Waals surface area contributed by atoms with Crippen molar-refractivity contribution in [2.24, 2.45) is 11.8 Å². The molecule has 0 amide bonds. The SMILES string of the molecule is FCCN1CCC2CNCC2CC1. The van der Waals surface area contributed by atoms with Crippen LogP contribution in [0.25, 0.3) is 0 Å². The molecule has 3 heteroatoms. The van der Waals surface area contributed by atoms with Crippen molar-refractivity contribution < 1.29 is 4.39 Å². The Morgan fingerprint density at radius 2 is 1.77 bits per heavy atom. The van der Waals surface area contributed by atoms with Crippen LogP contribution in [0.3, 0.4) is 0 Å². The number of alkyl halides is 1. The summed E-state index contributed by atoms with van der Waals surface area (Å²) in [7, 11) is 0. The number of rotatable bonds is 2. The Balaban J connectivity index is 1.84. The maximum atomic E-state index is 12.1. The monoisotopic (exact) mass is 186 g/mol. The van der Waals surface area contributed by atoms with Gasteiger partial charge >= 0.3 is 0 Å². The Labute approximate surface area is 79.5 Å². The molecule has 2 saturated heterocycles. The highest BCUT2D eigenvalue weighted by Gasteiger charge is 2.29. The van der Waals surface area contributed by atoms with Gasteiger partial charge in [-0.25, -0.2) is 4.39 Å². The van der Waals surface area contributed by atoms with Gasteiger partial charge < -0.3 is 10.2 Å². The van der Waals surface area contributed by atoms with Crippen LogP contribution in [0.2, 0.25) is 0 Å². The van der Waals surface area contributed by atoms with Gasteiger partial charge in [0.25, 0.3) is 0 Å². The second-order valence-electron chi connectivity index (χ2n) is 4.29. The minimum Gasteiger partial charge on any atom is -0.316 e. The van der Waals surface area contributed by atoms with Crippen LogP contribution in [0.1, 0.15) is 12.8 Å². The van der Waals surface area contributed by atoms with Crippen molar-refractivity contribution in [1.82, 2.24) is 10.2 Å². The molecule has 2 aliphatic heterocycles. The van der Waals surface area contributed by atoms with Gasteiger partial charge in [-0.2, -0.15) is 0 Å². The summed E-state index contributed by atoms with van der Waals surface area (Å²) in [5, 5.41) is 3.45. The van der Waals surface area contributed by atoms with Gasteiger partial charge in [0.2, 0.25) is 0 Å². The standard InChI is InChI=1S/C10H19FN2/c11-3-6-13-4-1-9-7-12-8-10(9)2-5-13/h9-10,12H,1-8H2. The average Bonchev–Trinajstić information content (AvgIpc) is 2.50. The number of hydrogen-bond acceptors (Lipinski definition) is 2.